The van der Waals surface area contributed by atoms with Crippen LogP contribution in [0, 0.1) is 11.7 Å². The summed E-state index contributed by atoms with van der Waals surface area (Å²) >= 11 is 0. The predicted octanol–water partition coefficient (Wildman–Crippen LogP) is 1.67. The molecule has 3 nitrogen and oxygen atoms in total. The van der Waals surface area contributed by atoms with Crippen LogP contribution in [0.2, 0.25) is 0 Å². The second kappa shape index (κ2) is 4.09. The largest absolute Gasteiger partial charge is 0.481 e. The lowest BCUT2D eigenvalue weighted by Gasteiger charge is -2.06. The summed E-state index contributed by atoms with van der Waals surface area (Å²) in [6, 6.07) is 4.26. The van der Waals surface area contributed by atoms with E-state index in [0.29, 0.717) is 6.42 Å². The maximum Gasteiger partial charge on any atom is 0.306 e. The number of hydrogen-bond acceptors (Lipinski definition) is 2. The predicted molar refractivity (Wildman–Crippen MR) is 51.3 cm³/mol. The van der Waals surface area contributed by atoms with Gasteiger partial charge in [-0.15, -0.1) is 0 Å². The first-order valence-electron chi connectivity index (χ1n) is 4.27. The van der Waals surface area contributed by atoms with Crippen LogP contribution >= 0.6 is 0 Å². The Morgan fingerprint density at radius 2 is 2.29 bits per heavy atom. The number of carboxylic acid groups (broad SMARTS) is 1. The van der Waals surface area contributed by atoms with Crippen molar-refractivity contribution >= 4 is 11.7 Å². The van der Waals surface area contributed by atoms with Crippen LogP contribution in [-0.4, -0.2) is 11.1 Å². The van der Waals surface area contributed by atoms with E-state index in [2.05, 4.69) is 0 Å². The summed E-state index contributed by atoms with van der Waals surface area (Å²) < 4.78 is 12.8. The van der Waals surface area contributed by atoms with Gasteiger partial charge < -0.3 is 10.8 Å². The molecule has 0 aliphatic rings. The molecule has 0 fully saturated rings. The maximum atomic E-state index is 12.8. The Balaban J connectivity index is 2.78. The molecule has 1 aromatic rings. The topological polar surface area (TPSA) is 63.3 Å². The third kappa shape index (κ3) is 2.45. The molecule has 3 N–H and O–H groups in total. The van der Waals surface area contributed by atoms with Crippen molar-refractivity contribution < 1.29 is 14.3 Å². The van der Waals surface area contributed by atoms with Crippen molar-refractivity contribution in [2.75, 3.05) is 5.73 Å². The van der Waals surface area contributed by atoms with Crippen LogP contribution in [0.4, 0.5) is 10.1 Å². The molecule has 1 atom stereocenters. The van der Waals surface area contributed by atoms with E-state index in [1.807, 2.05) is 0 Å². The molecule has 0 heterocycles. The average molecular weight is 197 g/mol. The van der Waals surface area contributed by atoms with E-state index in [-0.39, 0.29) is 5.69 Å². The molecular weight excluding hydrogens is 185 g/mol. The zero-order valence-corrected chi connectivity index (χ0v) is 7.83. The lowest BCUT2D eigenvalue weighted by molar-refractivity contribution is -0.141. The number of hydrogen-bond donors (Lipinski definition) is 2. The Morgan fingerprint density at radius 1 is 1.64 bits per heavy atom. The summed E-state index contributed by atoms with van der Waals surface area (Å²) in [4.78, 5) is 10.6. The van der Waals surface area contributed by atoms with Crippen LogP contribution < -0.4 is 5.73 Å². The molecule has 4 heteroatoms. The van der Waals surface area contributed by atoms with E-state index in [1.54, 1.807) is 13.0 Å². The van der Waals surface area contributed by atoms with Gasteiger partial charge in [-0.25, -0.2) is 4.39 Å². The first-order valence-corrected chi connectivity index (χ1v) is 4.27. The number of anilines is 1. The van der Waals surface area contributed by atoms with Crippen LogP contribution in [0.5, 0.6) is 0 Å². The van der Waals surface area contributed by atoms with Crippen LogP contribution in [-0.2, 0) is 11.2 Å². The van der Waals surface area contributed by atoms with Crippen molar-refractivity contribution in [3.8, 4) is 0 Å². The molecule has 0 aromatic heterocycles. The number of rotatable bonds is 3. The Kier molecular flexibility index (Phi) is 3.06. The van der Waals surface area contributed by atoms with Crippen LogP contribution in [0.3, 0.4) is 0 Å². The van der Waals surface area contributed by atoms with E-state index in [0.717, 1.165) is 5.56 Å². The van der Waals surface area contributed by atoms with Crippen LogP contribution in [0.25, 0.3) is 0 Å². The van der Waals surface area contributed by atoms with Crippen molar-refractivity contribution in [3.05, 3.63) is 29.6 Å². The summed E-state index contributed by atoms with van der Waals surface area (Å²) in [7, 11) is 0. The number of nitrogens with two attached hydrogens (primary N) is 1. The van der Waals surface area contributed by atoms with Gasteiger partial charge in [-0.1, -0.05) is 13.0 Å². The van der Waals surface area contributed by atoms with Gasteiger partial charge in [0.15, 0.2) is 0 Å². The highest BCUT2D eigenvalue weighted by Crippen LogP contribution is 2.15. The maximum absolute atomic E-state index is 12.8. The smallest absolute Gasteiger partial charge is 0.306 e. The number of aliphatic carboxylic acids is 1. The fourth-order valence-electron chi connectivity index (χ4n) is 1.16. The number of nitrogen functional groups attached to an aromatic ring is 1. The number of carbonyl (C=O) groups is 1. The Labute approximate surface area is 81.4 Å². The molecular formula is C10H12FNO2. The van der Waals surface area contributed by atoms with Gasteiger partial charge in [0.2, 0.25) is 0 Å². The Hall–Kier alpha value is -1.58. The molecule has 0 aliphatic heterocycles. The summed E-state index contributed by atoms with van der Waals surface area (Å²) in [5.41, 5.74) is 6.14. The van der Waals surface area contributed by atoms with E-state index < -0.39 is 17.7 Å². The molecule has 0 spiro atoms. The SMILES string of the molecule is C[C@H](Cc1ccc(F)c(N)c1)C(=O)O. The third-order valence-corrected chi connectivity index (χ3v) is 2.02. The van der Waals surface area contributed by atoms with Crippen molar-refractivity contribution in [3.63, 3.8) is 0 Å². The monoisotopic (exact) mass is 197 g/mol. The number of halogens is 1. The highest BCUT2D eigenvalue weighted by Gasteiger charge is 2.12. The molecule has 1 rings (SSSR count). The van der Waals surface area contributed by atoms with Gasteiger partial charge in [0.05, 0.1) is 11.6 Å². The van der Waals surface area contributed by atoms with Gasteiger partial charge in [0.1, 0.15) is 5.82 Å². The van der Waals surface area contributed by atoms with Gasteiger partial charge in [-0.2, -0.15) is 0 Å². The first-order chi connectivity index (χ1) is 6.50. The molecule has 0 bridgehead atoms. The van der Waals surface area contributed by atoms with Crippen molar-refractivity contribution in [2.24, 2.45) is 5.92 Å². The highest BCUT2D eigenvalue weighted by atomic mass is 19.1. The molecule has 76 valence electrons. The number of carboxylic acids is 1. The number of benzene rings is 1. The van der Waals surface area contributed by atoms with Crippen molar-refractivity contribution in [2.45, 2.75) is 13.3 Å². The molecule has 0 unspecified atom stereocenters. The molecule has 0 aliphatic carbocycles. The van der Waals surface area contributed by atoms with Gasteiger partial charge in [0.25, 0.3) is 0 Å². The second-order valence-electron chi connectivity index (χ2n) is 3.30. The van der Waals surface area contributed by atoms with Gasteiger partial charge in [-0.05, 0) is 24.1 Å². The highest BCUT2D eigenvalue weighted by molar-refractivity contribution is 5.70. The standard InChI is InChI=1S/C10H12FNO2/c1-6(10(13)14)4-7-2-3-8(11)9(12)5-7/h2-3,5-6H,4,12H2,1H3,(H,13,14)/t6-/m1/s1. The molecule has 0 saturated heterocycles. The van der Waals surface area contributed by atoms with Gasteiger partial charge >= 0.3 is 5.97 Å². The summed E-state index contributed by atoms with van der Waals surface area (Å²) in [5, 5.41) is 8.66. The fraction of sp³-hybridized carbons (Fsp3) is 0.300. The molecule has 0 radical (unpaired) electrons. The zero-order valence-electron chi connectivity index (χ0n) is 7.83. The van der Waals surface area contributed by atoms with Crippen molar-refractivity contribution in [1.82, 2.24) is 0 Å². The molecule has 0 saturated carbocycles. The fourth-order valence-corrected chi connectivity index (χ4v) is 1.16. The average Bonchev–Trinajstić information content (AvgIpc) is 2.11. The minimum atomic E-state index is -0.868. The minimum Gasteiger partial charge on any atom is -0.481 e. The molecule has 14 heavy (non-hydrogen) atoms. The molecule has 1 aromatic carbocycles. The third-order valence-electron chi connectivity index (χ3n) is 2.02. The van der Waals surface area contributed by atoms with Gasteiger partial charge in [0, 0.05) is 0 Å². The van der Waals surface area contributed by atoms with E-state index in [4.69, 9.17) is 10.8 Å². The van der Waals surface area contributed by atoms with E-state index >= 15 is 0 Å². The van der Waals surface area contributed by atoms with Gasteiger partial charge in [-0.3, -0.25) is 4.79 Å². The Morgan fingerprint density at radius 3 is 2.79 bits per heavy atom. The Bertz CT molecular complexity index is 352. The van der Waals surface area contributed by atoms with Crippen LogP contribution in [0.15, 0.2) is 18.2 Å². The van der Waals surface area contributed by atoms with E-state index in [9.17, 15) is 9.18 Å². The zero-order chi connectivity index (χ0) is 10.7. The molecule has 0 amide bonds. The van der Waals surface area contributed by atoms with Crippen molar-refractivity contribution in [1.29, 1.82) is 0 Å². The quantitative estimate of drug-likeness (QED) is 0.724. The lowest BCUT2D eigenvalue weighted by Crippen LogP contribution is -2.12. The lowest BCUT2D eigenvalue weighted by atomic mass is 10.0. The minimum absolute atomic E-state index is 0.0556. The second-order valence-corrected chi connectivity index (χ2v) is 3.30. The summed E-state index contributed by atoms with van der Waals surface area (Å²) in [6.07, 6.45) is 0.361. The first kappa shape index (κ1) is 10.5. The van der Waals surface area contributed by atoms with E-state index in [1.165, 1.54) is 12.1 Å². The summed E-state index contributed by atoms with van der Waals surface area (Å²) in [5.74, 6) is -1.83. The van der Waals surface area contributed by atoms with Crippen LogP contribution in [0.1, 0.15) is 12.5 Å². The summed E-state index contributed by atoms with van der Waals surface area (Å²) in [6.45, 7) is 1.60. The normalized spacial score (nSPS) is 12.4.